The third kappa shape index (κ3) is 4.97. The van der Waals surface area contributed by atoms with E-state index in [9.17, 15) is 0 Å². The molecule has 5 nitrogen and oxygen atoms in total. The minimum Gasteiger partial charge on any atom is -0.456 e. The molecule has 3 heterocycles. The Kier molecular flexibility index (Phi) is 6.92. The van der Waals surface area contributed by atoms with Crippen molar-refractivity contribution in [3.8, 4) is 39.9 Å². The van der Waals surface area contributed by atoms with E-state index < -0.39 is 0 Å². The van der Waals surface area contributed by atoms with Crippen molar-refractivity contribution in [2.24, 2.45) is 0 Å². The van der Waals surface area contributed by atoms with Gasteiger partial charge in [0.1, 0.15) is 11.2 Å². The van der Waals surface area contributed by atoms with E-state index in [2.05, 4.69) is 102 Å². The molecule has 5 heteroatoms. The Morgan fingerprint density at radius 2 is 1.11 bits per heavy atom. The number of allylic oxidation sites excluding steroid dienone is 1. The largest absolute Gasteiger partial charge is 0.456 e. The van der Waals surface area contributed by atoms with Gasteiger partial charge in [-0.3, -0.25) is 0 Å². The molecule has 0 spiro atoms. The molecule has 0 atom stereocenters. The average Bonchev–Trinajstić information content (AvgIpc) is 3.78. The van der Waals surface area contributed by atoms with Crippen molar-refractivity contribution in [1.29, 1.82) is 0 Å². The number of benzene rings is 7. The molecule has 0 saturated heterocycles. The van der Waals surface area contributed by atoms with Gasteiger partial charge in [-0.15, -0.1) is 0 Å². The second-order valence-electron chi connectivity index (χ2n) is 13.9. The van der Waals surface area contributed by atoms with Crippen LogP contribution in [0.4, 0.5) is 0 Å². The van der Waals surface area contributed by atoms with Crippen LogP contribution in [-0.4, -0.2) is 19.5 Å². The van der Waals surface area contributed by atoms with Crippen LogP contribution in [0.25, 0.3) is 95.1 Å². The molecule has 0 fully saturated rings. The number of nitrogens with zero attached hydrogens (tertiary/aromatic N) is 4. The van der Waals surface area contributed by atoms with Gasteiger partial charge in [0.05, 0.1) is 5.52 Å². The molecular formula is C49H32N4O. The maximum Gasteiger partial charge on any atom is 0.164 e. The third-order valence-corrected chi connectivity index (χ3v) is 10.7. The highest BCUT2D eigenvalue weighted by molar-refractivity contribution is 6.13. The molecule has 1 aliphatic rings. The lowest BCUT2D eigenvalue weighted by molar-refractivity contribution is 0.669. The van der Waals surface area contributed by atoms with Crippen molar-refractivity contribution in [2.45, 2.75) is 12.8 Å². The second-order valence-corrected chi connectivity index (χ2v) is 13.9. The molecule has 1 aliphatic carbocycles. The van der Waals surface area contributed by atoms with E-state index in [1.807, 2.05) is 72.8 Å². The zero-order valence-corrected chi connectivity index (χ0v) is 29.3. The lowest BCUT2D eigenvalue weighted by Crippen LogP contribution is -2.05. The van der Waals surface area contributed by atoms with Crippen LogP contribution in [0.3, 0.4) is 0 Å². The summed E-state index contributed by atoms with van der Waals surface area (Å²) in [6.45, 7) is 0. The van der Waals surface area contributed by atoms with Gasteiger partial charge < -0.3 is 8.98 Å². The van der Waals surface area contributed by atoms with Crippen LogP contribution in [0.15, 0.2) is 168 Å². The summed E-state index contributed by atoms with van der Waals surface area (Å²) < 4.78 is 9.02. The van der Waals surface area contributed by atoms with Crippen LogP contribution in [0, 0.1) is 0 Å². The van der Waals surface area contributed by atoms with Gasteiger partial charge in [0.15, 0.2) is 17.5 Å². The SMILES string of the molecule is C1=C(c2ccccc2)CCc2c1c1cc3ccccc3cc1n2-c1ccc2oc3cccc(-c4nc(-c5ccccc5)nc(-c5ccccc5)n4)c3c2c1. The molecule has 0 aliphatic heterocycles. The van der Waals surface area contributed by atoms with Crippen LogP contribution in [-0.2, 0) is 6.42 Å². The van der Waals surface area contributed by atoms with Crippen LogP contribution in [0.1, 0.15) is 23.2 Å². The molecule has 254 valence electrons. The van der Waals surface area contributed by atoms with Gasteiger partial charge >= 0.3 is 0 Å². The predicted octanol–water partition coefficient (Wildman–Crippen LogP) is 12.4. The molecule has 7 aromatic carbocycles. The summed E-state index contributed by atoms with van der Waals surface area (Å²) >= 11 is 0. The Balaban J connectivity index is 1.14. The topological polar surface area (TPSA) is 56.7 Å². The highest BCUT2D eigenvalue weighted by Gasteiger charge is 2.24. The maximum atomic E-state index is 6.55. The summed E-state index contributed by atoms with van der Waals surface area (Å²) in [4.78, 5) is 15.1. The van der Waals surface area contributed by atoms with E-state index >= 15 is 0 Å². The zero-order valence-electron chi connectivity index (χ0n) is 29.3. The summed E-state index contributed by atoms with van der Waals surface area (Å²) in [5.41, 5.74) is 12.0. The van der Waals surface area contributed by atoms with E-state index in [0.717, 1.165) is 57.2 Å². The van der Waals surface area contributed by atoms with Gasteiger partial charge in [0.25, 0.3) is 0 Å². The van der Waals surface area contributed by atoms with Gasteiger partial charge in [-0.1, -0.05) is 127 Å². The number of furan rings is 1. The monoisotopic (exact) mass is 692 g/mol. The summed E-state index contributed by atoms with van der Waals surface area (Å²) in [6.07, 6.45) is 4.33. The number of aromatic nitrogens is 4. The standard InChI is InChI=1S/C49H32N4O/c1-4-13-31(14-5-1)36-23-25-42-39(28-36)40-27-34-19-10-11-20-35(34)29-43(40)53(42)37-24-26-44-41(30-37)46-38(21-12-22-45(46)54-44)49-51-47(32-15-6-2-7-16-32)50-48(52-49)33-17-8-3-9-18-33/h1-22,24,26-30H,23,25H2. The van der Waals surface area contributed by atoms with Crippen molar-refractivity contribution >= 4 is 55.3 Å². The van der Waals surface area contributed by atoms with Crippen molar-refractivity contribution in [2.75, 3.05) is 0 Å². The van der Waals surface area contributed by atoms with Crippen LogP contribution >= 0.6 is 0 Å². The quantitative estimate of drug-likeness (QED) is 0.180. The fourth-order valence-electron chi connectivity index (χ4n) is 8.20. The zero-order chi connectivity index (χ0) is 35.6. The van der Waals surface area contributed by atoms with Gasteiger partial charge in [0.2, 0.25) is 0 Å². The minimum atomic E-state index is 0.607. The molecule has 10 aromatic rings. The second kappa shape index (κ2) is 12.2. The Morgan fingerprint density at radius 3 is 1.81 bits per heavy atom. The van der Waals surface area contributed by atoms with E-state index in [1.165, 1.54) is 44.1 Å². The lowest BCUT2D eigenvalue weighted by Gasteiger charge is -2.18. The van der Waals surface area contributed by atoms with E-state index in [1.54, 1.807) is 0 Å². The smallest absolute Gasteiger partial charge is 0.164 e. The fourth-order valence-corrected chi connectivity index (χ4v) is 8.20. The first-order valence-electron chi connectivity index (χ1n) is 18.4. The van der Waals surface area contributed by atoms with Gasteiger partial charge in [0, 0.05) is 49.8 Å². The van der Waals surface area contributed by atoms with E-state index in [0.29, 0.717) is 17.5 Å². The average molecular weight is 693 g/mol. The number of fused-ring (bicyclic) bond motifs is 7. The van der Waals surface area contributed by atoms with Crippen LogP contribution in [0.5, 0.6) is 0 Å². The maximum absolute atomic E-state index is 6.55. The lowest BCUT2D eigenvalue weighted by atomic mass is 9.91. The van der Waals surface area contributed by atoms with Gasteiger partial charge in [-0.25, -0.2) is 15.0 Å². The summed E-state index contributed by atoms with van der Waals surface area (Å²) in [5.74, 6) is 1.87. The van der Waals surface area contributed by atoms with Crippen molar-refractivity contribution in [3.05, 3.63) is 181 Å². The Labute approximate surface area is 311 Å². The first-order chi connectivity index (χ1) is 26.7. The highest BCUT2D eigenvalue weighted by atomic mass is 16.3. The molecule has 11 rings (SSSR count). The van der Waals surface area contributed by atoms with Crippen molar-refractivity contribution in [3.63, 3.8) is 0 Å². The molecule has 0 radical (unpaired) electrons. The summed E-state index contributed by atoms with van der Waals surface area (Å²) in [6, 6.07) is 57.1. The Bertz CT molecular complexity index is 3030. The van der Waals surface area contributed by atoms with E-state index in [4.69, 9.17) is 19.4 Å². The molecule has 0 unspecified atom stereocenters. The fraction of sp³-hybridized carbons (Fsp3) is 0.0408. The summed E-state index contributed by atoms with van der Waals surface area (Å²) in [5, 5.41) is 5.74. The molecule has 0 N–H and O–H groups in total. The number of hydrogen-bond acceptors (Lipinski definition) is 4. The third-order valence-electron chi connectivity index (χ3n) is 10.7. The van der Waals surface area contributed by atoms with Crippen molar-refractivity contribution < 1.29 is 4.42 Å². The van der Waals surface area contributed by atoms with E-state index in [-0.39, 0.29) is 0 Å². The summed E-state index contributed by atoms with van der Waals surface area (Å²) in [7, 11) is 0. The first-order valence-corrected chi connectivity index (χ1v) is 18.4. The Hall–Kier alpha value is -7.11. The normalized spacial score (nSPS) is 12.8. The van der Waals surface area contributed by atoms with Gasteiger partial charge in [-0.05, 0) is 77.2 Å². The molecule has 0 saturated carbocycles. The molecule has 0 bridgehead atoms. The van der Waals surface area contributed by atoms with Crippen LogP contribution in [0.2, 0.25) is 0 Å². The number of rotatable bonds is 5. The van der Waals surface area contributed by atoms with Crippen molar-refractivity contribution in [1.82, 2.24) is 19.5 Å². The molecule has 3 aromatic heterocycles. The Morgan fingerprint density at radius 1 is 0.481 bits per heavy atom. The molecule has 0 amide bonds. The molecular weight excluding hydrogens is 661 g/mol. The van der Waals surface area contributed by atoms with Gasteiger partial charge in [-0.2, -0.15) is 0 Å². The minimum absolute atomic E-state index is 0.607. The predicted molar refractivity (Wildman–Crippen MR) is 220 cm³/mol. The highest BCUT2D eigenvalue weighted by Crippen LogP contribution is 2.42. The first kappa shape index (κ1) is 30.5. The van der Waals surface area contributed by atoms with Crippen LogP contribution < -0.4 is 0 Å². The molecule has 54 heavy (non-hydrogen) atoms. The number of hydrogen-bond donors (Lipinski definition) is 0.